The first kappa shape index (κ1) is 20.8. The van der Waals surface area contributed by atoms with Gasteiger partial charge in [-0.3, -0.25) is 14.5 Å². The first-order valence-electron chi connectivity index (χ1n) is 7.45. The van der Waals surface area contributed by atoms with E-state index in [0.717, 1.165) is 4.90 Å². The van der Waals surface area contributed by atoms with Gasteiger partial charge < -0.3 is 9.45 Å². The number of H-pyrrole nitrogens is 1. The van der Waals surface area contributed by atoms with Crippen LogP contribution in [0.5, 0.6) is 0 Å². The summed E-state index contributed by atoms with van der Waals surface area (Å²) in [6.07, 6.45) is 0.183. The Morgan fingerprint density at radius 2 is 1.96 bits per heavy atom. The van der Waals surface area contributed by atoms with E-state index in [4.69, 9.17) is 0 Å². The minimum Gasteiger partial charge on any atom is -0.731 e. The van der Waals surface area contributed by atoms with Gasteiger partial charge in [0.1, 0.15) is 11.7 Å². The number of aryl methyl sites for hydroxylation is 1. The predicted molar refractivity (Wildman–Crippen MR) is 83.6 cm³/mol. The molecule has 11 nitrogen and oxygen atoms in total. The summed E-state index contributed by atoms with van der Waals surface area (Å²) >= 11 is 0. The first-order valence-corrected chi connectivity index (χ1v) is 8.81. The van der Waals surface area contributed by atoms with E-state index in [1.807, 2.05) is 0 Å². The first-order chi connectivity index (χ1) is 11.6. The van der Waals surface area contributed by atoms with Crippen molar-refractivity contribution in [1.82, 2.24) is 19.4 Å². The van der Waals surface area contributed by atoms with Gasteiger partial charge in [-0.2, -0.15) is 5.10 Å². The third-order valence-corrected chi connectivity index (χ3v) is 5.62. The average Bonchev–Trinajstić information content (AvgIpc) is 2.87. The van der Waals surface area contributed by atoms with E-state index in [1.54, 1.807) is 13.8 Å². The number of aromatic amines is 1. The Morgan fingerprint density at radius 3 is 2.54 bits per heavy atom. The van der Waals surface area contributed by atoms with Crippen molar-refractivity contribution in [3.63, 3.8) is 0 Å². The summed E-state index contributed by atoms with van der Waals surface area (Å²) < 4.78 is 33.6. The molecule has 0 aromatic carbocycles. The van der Waals surface area contributed by atoms with Crippen molar-refractivity contribution in [1.29, 1.82) is 0 Å². The van der Waals surface area contributed by atoms with E-state index in [1.165, 1.54) is 11.9 Å². The summed E-state index contributed by atoms with van der Waals surface area (Å²) in [7, 11) is -3.50. The standard InChI is InChI=1S/C13H17N5O6S.Na/c1-6-7(2)14-15-11(19)9(6)16(3)13(21)17-5-4-8-10(17)12(20)18(8)25(22,23)24;/h8,10H,4-5H2,1-3H3,(H,15,19)(H,22,23,24);/q;+1/p-1/t8-,10+;/m1./s1. The number of urea groups is 1. The molecule has 2 aliphatic heterocycles. The fourth-order valence-electron chi connectivity index (χ4n) is 3.33. The number of amides is 3. The summed E-state index contributed by atoms with van der Waals surface area (Å²) in [5.74, 6) is -0.921. The Kier molecular flexibility index (Phi) is 5.55. The molecule has 13 heteroatoms. The summed E-state index contributed by atoms with van der Waals surface area (Å²) in [4.78, 5) is 39.1. The Morgan fingerprint density at radius 1 is 1.35 bits per heavy atom. The largest absolute Gasteiger partial charge is 1.00 e. The van der Waals surface area contributed by atoms with Crippen LogP contribution in [0.2, 0.25) is 0 Å². The molecule has 0 radical (unpaired) electrons. The quantitative estimate of drug-likeness (QED) is 0.304. The van der Waals surface area contributed by atoms with Crippen molar-refractivity contribution < 1.29 is 52.1 Å². The third kappa shape index (κ3) is 3.05. The molecule has 0 unspecified atom stereocenters. The molecule has 2 fully saturated rings. The Labute approximate surface area is 171 Å². The molecule has 0 saturated carbocycles. The number of carbonyl (C=O) groups is 2. The number of fused-ring (bicyclic) bond motifs is 1. The van der Waals surface area contributed by atoms with Crippen molar-refractivity contribution in [2.75, 3.05) is 18.5 Å². The minimum absolute atomic E-state index is 0. The number of carbonyl (C=O) groups excluding carboxylic acids is 2. The Balaban J connectivity index is 0.00000243. The van der Waals surface area contributed by atoms with Crippen LogP contribution >= 0.6 is 0 Å². The number of likely N-dealkylation sites (tertiary alicyclic amines) is 1. The summed E-state index contributed by atoms with van der Waals surface area (Å²) in [6, 6.07) is -2.46. The molecule has 3 amide bonds. The van der Waals surface area contributed by atoms with Crippen LogP contribution in [0.15, 0.2) is 4.79 Å². The SMILES string of the molecule is Cc1n[nH]c(=O)c(N(C)C(=O)N2CC[C@@H]3[C@H]2C(=O)N3S(=O)(=O)[O-])c1C.[Na+]. The molecule has 2 saturated heterocycles. The number of nitrogens with zero attached hydrogens (tertiary/aromatic N) is 4. The van der Waals surface area contributed by atoms with Crippen LogP contribution in [0.25, 0.3) is 0 Å². The number of hydrogen-bond donors (Lipinski definition) is 1. The summed E-state index contributed by atoms with van der Waals surface area (Å²) in [5, 5.41) is 6.11. The molecule has 0 spiro atoms. The monoisotopic (exact) mass is 393 g/mol. The number of hydrogen-bond acceptors (Lipinski definition) is 7. The second-order valence-corrected chi connectivity index (χ2v) is 7.29. The molecule has 0 bridgehead atoms. The van der Waals surface area contributed by atoms with Gasteiger partial charge in [-0.1, -0.05) is 0 Å². The molecule has 2 atom stereocenters. The van der Waals surface area contributed by atoms with Crippen LogP contribution in [0.1, 0.15) is 17.7 Å². The van der Waals surface area contributed by atoms with Gasteiger partial charge in [0.2, 0.25) is 0 Å². The van der Waals surface area contributed by atoms with Gasteiger partial charge in [0.05, 0.1) is 11.7 Å². The molecule has 3 heterocycles. The van der Waals surface area contributed by atoms with E-state index in [9.17, 15) is 27.4 Å². The number of aromatic nitrogens is 2. The zero-order chi connectivity index (χ0) is 18.7. The smallest absolute Gasteiger partial charge is 0.731 e. The van der Waals surface area contributed by atoms with Crippen LogP contribution < -0.4 is 40.0 Å². The molecule has 1 aromatic heterocycles. The van der Waals surface area contributed by atoms with Gasteiger partial charge in [-0.25, -0.2) is 22.6 Å². The Bertz CT molecular complexity index is 931. The maximum atomic E-state index is 12.7. The van der Waals surface area contributed by atoms with E-state index < -0.39 is 39.9 Å². The van der Waals surface area contributed by atoms with Gasteiger partial charge in [-0.15, -0.1) is 0 Å². The maximum Gasteiger partial charge on any atom is 1.00 e. The zero-order valence-electron chi connectivity index (χ0n) is 14.7. The summed E-state index contributed by atoms with van der Waals surface area (Å²) in [5.41, 5.74) is 0.593. The van der Waals surface area contributed by atoms with E-state index in [2.05, 4.69) is 10.2 Å². The number of anilines is 1. The van der Waals surface area contributed by atoms with Crippen LogP contribution in [-0.2, 0) is 15.1 Å². The molecule has 3 rings (SSSR count). The third-order valence-electron chi connectivity index (χ3n) is 4.68. The van der Waals surface area contributed by atoms with Crippen LogP contribution in [0.4, 0.5) is 10.5 Å². The fourth-order valence-corrected chi connectivity index (χ4v) is 4.21. The van der Waals surface area contributed by atoms with Crippen LogP contribution in [-0.4, -0.2) is 70.0 Å². The van der Waals surface area contributed by atoms with Gasteiger partial charge in [0.25, 0.3) is 11.5 Å². The zero-order valence-corrected chi connectivity index (χ0v) is 17.5. The fraction of sp³-hybridized carbons (Fsp3) is 0.538. The van der Waals surface area contributed by atoms with E-state index >= 15 is 0 Å². The van der Waals surface area contributed by atoms with Crippen molar-refractivity contribution in [2.45, 2.75) is 32.4 Å². The van der Waals surface area contributed by atoms with E-state index in [0.29, 0.717) is 11.3 Å². The Hall–Kier alpha value is -1.47. The van der Waals surface area contributed by atoms with Crippen molar-refractivity contribution in [3.8, 4) is 0 Å². The molecule has 1 aromatic rings. The van der Waals surface area contributed by atoms with E-state index in [-0.39, 0.29) is 52.5 Å². The summed E-state index contributed by atoms with van der Waals surface area (Å²) in [6.45, 7) is 3.42. The molecule has 26 heavy (non-hydrogen) atoms. The van der Waals surface area contributed by atoms with Crippen molar-refractivity contribution >= 4 is 27.9 Å². The second kappa shape index (κ2) is 6.93. The number of β-lactam (4-membered cyclic amide) rings is 1. The van der Waals surface area contributed by atoms with Gasteiger partial charge in [-0.05, 0) is 20.3 Å². The number of nitrogens with one attached hydrogen (secondary N) is 1. The molecule has 2 aliphatic rings. The minimum atomic E-state index is -4.89. The van der Waals surface area contributed by atoms with Gasteiger partial charge in [0, 0.05) is 19.2 Å². The van der Waals surface area contributed by atoms with Crippen molar-refractivity contribution in [3.05, 3.63) is 21.6 Å². The van der Waals surface area contributed by atoms with Gasteiger partial charge in [0.15, 0.2) is 10.3 Å². The molecule has 136 valence electrons. The predicted octanol–water partition coefficient (Wildman–Crippen LogP) is -4.31. The average molecular weight is 393 g/mol. The van der Waals surface area contributed by atoms with Gasteiger partial charge >= 0.3 is 35.6 Å². The number of rotatable bonds is 2. The molecular formula is C13H16N5NaO6S. The normalized spacial score (nSPS) is 21.8. The second-order valence-electron chi connectivity index (χ2n) is 6.04. The van der Waals surface area contributed by atoms with Crippen molar-refractivity contribution in [2.24, 2.45) is 0 Å². The molecule has 0 aliphatic carbocycles. The molecular weight excluding hydrogens is 377 g/mol. The maximum absolute atomic E-state index is 12.7. The molecule has 1 N–H and O–H groups in total. The topological polar surface area (TPSA) is 147 Å². The van der Waals surface area contributed by atoms with Crippen LogP contribution in [0, 0.1) is 13.8 Å². The van der Waals surface area contributed by atoms with Crippen LogP contribution in [0.3, 0.4) is 0 Å².